The molecule has 0 radical (unpaired) electrons. The number of benzene rings is 1. The van der Waals surface area contributed by atoms with Gasteiger partial charge < -0.3 is 0 Å². The number of hydrogen-bond acceptors (Lipinski definition) is 2. The van der Waals surface area contributed by atoms with Gasteiger partial charge in [0.2, 0.25) is 0 Å². The molecule has 0 atom stereocenters. The zero-order valence-electron chi connectivity index (χ0n) is 9.08. The summed E-state index contributed by atoms with van der Waals surface area (Å²) in [5.41, 5.74) is 0.746. The maximum Gasteiger partial charge on any atom is 0.197 e. The summed E-state index contributed by atoms with van der Waals surface area (Å²) < 4.78 is 13.4. The maximum absolute atomic E-state index is 13.4. The standard InChI is InChI=1S/C13H11FOS/c1-8-7-11(9(2)16-8)13(15)10-5-3-4-6-12(10)14/h3-7H,1-2H3. The summed E-state index contributed by atoms with van der Waals surface area (Å²) in [6, 6.07) is 7.89. The minimum Gasteiger partial charge on any atom is -0.288 e. The van der Waals surface area contributed by atoms with Gasteiger partial charge in [0.15, 0.2) is 5.78 Å². The second-order valence-electron chi connectivity index (χ2n) is 3.64. The van der Waals surface area contributed by atoms with Gasteiger partial charge in [-0.05, 0) is 32.0 Å². The molecule has 0 fully saturated rings. The number of halogens is 1. The molecule has 0 unspecified atom stereocenters. The Morgan fingerprint density at radius 3 is 2.44 bits per heavy atom. The molecular formula is C13H11FOS. The number of carbonyl (C=O) groups is 1. The van der Waals surface area contributed by atoms with Crippen LogP contribution < -0.4 is 0 Å². The van der Waals surface area contributed by atoms with Crippen LogP contribution in [0.15, 0.2) is 30.3 Å². The first-order valence-corrected chi connectivity index (χ1v) is 5.77. The fourth-order valence-corrected chi connectivity index (χ4v) is 2.57. The van der Waals surface area contributed by atoms with E-state index in [-0.39, 0.29) is 11.3 Å². The van der Waals surface area contributed by atoms with Gasteiger partial charge >= 0.3 is 0 Å². The lowest BCUT2D eigenvalue weighted by atomic mass is 10.0. The van der Waals surface area contributed by atoms with Crippen LogP contribution in [-0.4, -0.2) is 5.78 Å². The monoisotopic (exact) mass is 234 g/mol. The van der Waals surface area contributed by atoms with Crippen LogP contribution in [0.2, 0.25) is 0 Å². The third-order valence-corrected chi connectivity index (χ3v) is 3.37. The van der Waals surface area contributed by atoms with Crippen molar-refractivity contribution in [2.75, 3.05) is 0 Å². The molecule has 0 N–H and O–H groups in total. The average Bonchev–Trinajstić information content (AvgIpc) is 2.58. The van der Waals surface area contributed by atoms with Gasteiger partial charge in [0.1, 0.15) is 5.82 Å². The molecular weight excluding hydrogens is 223 g/mol. The Hall–Kier alpha value is -1.48. The van der Waals surface area contributed by atoms with Gasteiger partial charge in [0, 0.05) is 15.3 Å². The second kappa shape index (κ2) is 4.18. The summed E-state index contributed by atoms with van der Waals surface area (Å²) in [6.07, 6.45) is 0. The first-order valence-electron chi connectivity index (χ1n) is 4.96. The minimum absolute atomic E-state index is 0.142. The summed E-state index contributed by atoms with van der Waals surface area (Å²) in [5.74, 6) is -0.698. The highest BCUT2D eigenvalue weighted by Crippen LogP contribution is 2.24. The van der Waals surface area contributed by atoms with Crippen molar-refractivity contribution < 1.29 is 9.18 Å². The van der Waals surface area contributed by atoms with Gasteiger partial charge in [-0.1, -0.05) is 12.1 Å². The fraction of sp³-hybridized carbons (Fsp3) is 0.154. The van der Waals surface area contributed by atoms with Gasteiger partial charge in [-0.25, -0.2) is 4.39 Å². The van der Waals surface area contributed by atoms with E-state index in [0.29, 0.717) is 5.56 Å². The molecule has 0 saturated heterocycles. The van der Waals surface area contributed by atoms with E-state index in [1.54, 1.807) is 23.5 Å². The summed E-state index contributed by atoms with van der Waals surface area (Å²) in [7, 11) is 0. The van der Waals surface area contributed by atoms with Crippen LogP contribution in [0.3, 0.4) is 0 Å². The molecule has 0 bridgehead atoms. The molecule has 16 heavy (non-hydrogen) atoms. The van der Waals surface area contributed by atoms with Crippen molar-refractivity contribution in [3.63, 3.8) is 0 Å². The van der Waals surface area contributed by atoms with Crippen molar-refractivity contribution in [1.29, 1.82) is 0 Å². The molecule has 2 aromatic rings. The van der Waals surface area contributed by atoms with E-state index >= 15 is 0 Å². The van der Waals surface area contributed by atoms with Gasteiger partial charge in [0.25, 0.3) is 0 Å². The zero-order chi connectivity index (χ0) is 11.7. The lowest BCUT2D eigenvalue weighted by molar-refractivity contribution is 0.103. The van der Waals surface area contributed by atoms with E-state index in [1.165, 1.54) is 12.1 Å². The fourth-order valence-electron chi connectivity index (χ4n) is 1.65. The zero-order valence-corrected chi connectivity index (χ0v) is 9.90. The Morgan fingerprint density at radius 1 is 1.19 bits per heavy atom. The SMILES string of the molecule is Cc1cc(C(=O)c2ccccc2F)c(C)s1. The topological polar surface area (TPSA) is 17.1 Å². The van der Waals surface area contributed by atoms with E-state index in [1.807, 2.05) is 19.9 Å². The summed E-state index contributed by atoms with van der Waals surface area (Å²) in [5, 5.41) is 0. The van der Waals surface area contributed by atoms with Gasteiger partial charge in [-0.2, -0.15) is 0 Å². The quantitative estimate of drug-likeness (QED) is 0.723. The highest BCUT2D eigenvalue weighted by Gasteiger charge is 2.16. The Labute approximate surface area is 97.6 Å². The average molecular weight is 234 g/mol. The molecule has 0 spiro atoms. The molecule has 0 aliphatic heterocycles. The van der Waals surface area contributed by atoms with Crippen molar-refractivity contribution in [1.82, 2.24) is 0 Å². The van der Waals surface area contributed by atoms with Crippen LogP contribution in [-0.2, 0) is 0 Å². The van der Waals surface area contributed by atoms with Crippen LogP contribution in [0.25, 0.3) is 0 Å². The summed E-state index contributed by atoms with van der Waals surface area (Å²) in [6.45, 7) is 3.82. The molecule has 0 aliphatic carbocycles. The van der Waals surface area contributed by atoms with E-state index in [4.69, 9.17) is 0 Å². The van der Waals surface area contributed by atoms with Crippen LogP contribution in [0.1, 0.15) is 25.7 Å². The Balaban J connectivity index is 2.47. The smallest absolute Gasteiger partial charge is 0.197 e. The molecule has 1 aromatic heterocycles. The largest absolute Gasteiger partial charge is 0.288 e. The number of ketones is 1. The predicted octanol–water partition coefficient (Wildman–Crippen LogP) is 3.74. The maximum atomic E-state index is 13.4. The van der Waals surface area contributed by atoms with E-state index in [9.17, 15) is 9.18 Å². The van der Waals surface area contributed by atoms with Crippen molar-refractivity contribution in [3.8, 4) is 0 Å². The van der Waals surface area contributed by atoms with Crippen LogP contribution in [0.4, 0.5) is 4.39 Å². The van der Waals surface area contributed by atoms with Crippen LogP contribution >= 0.6 is 11.3 Å². The molecule has 0 saturated carbocycles. The summed E-state index contributed by atoms with van der Waals surface area (Å²) in [4.78, 5) is 14.1. The van der Waals surface area contributed by atoms with Gasteiger partial charge in [-0.15, -0.1) is 11.3 Å². The van der Waals surface area contributed by atoms with E-state index in [2.05, 4.69) is 0 Å². The predicted molar refractivity (Wildman–Crippen MR) is 63.6 cm³/mol. The Morgan fingerprint density at radius 2 is 1.88 bits per heavy atom. The molecule has 1 aromatic carbocycles. The molecule has 0 aliphatic rings. The molecule has 3 heteroatoms. The van der Waals surface area contributed by atoms with Gasteiger partial charge in [-0.3, -0.25) is 4.79 Å². The van der Waals surface area contributed by atoms with E-state index < -0.39 is 5.82 Å². The second-order valence-corrected chi connectivity index (χ2v) is 5.10. The third kappa shape index (κ3) is 1.91. The number of carbonyl (C=O) groups excluding carboxylic acids is 1. The highest BCUT2D eigenvalue weighted by atomic mass is 32.1. The number of thiophene rings is 1. The highest BCUT2D eigenvalue weighted by molar-refractivity contribution is 7.12. The van der Waals surface area contributed by atoms with Crippen LogP contribution in [0.5, 0.6) is 0 Å². The van der Waals surface area contributed by atoms with Crippen molar-refractivity contribution in [2.24, 2.45) is 0 Å². The number of aryl methyl sites for hydroxylation is 2. The Bertz CT molecular complexity index is 543. The first-order chi connectivity index (χ1) is 7.59. The van der Waals surface area contributed by atoms with Crippen molar-refractivity contribution in [2.45, 2.75) is 13.8 Å². The molecule has 1 heterocycles. The minimum atomic E-state index is -0.462. The van der Waals surface area contributed by atoms with Crippen molar-refractivity contribution >= 4 is 17.1 Å². The molecule has 82 valence electrons. The molecule has 1 nitrogen and oxygen atoms in total. The van der Waals surface area contributed by atoms with Gasteiger partial charge in [0.05, 0.1) is 5.56 Å². The Kier molecular flexibility index (Phi) is 2.88. The normalized spacial score (nSPS) is 10.4. The van der Waals surface area contributed by atoms with Crippen molar-refractivity contribution in [3.05, 3.63) is 57.0 Å². The molecule has 2 rings (SSSR count). The summed E-state index contributed by atoms with van der Waals surface area (Å²) >= 11 is 1.55. The number of rotatable bonds is 2. The first kappa shape index (κ1) is 11.0. The third-order valence-electron chi connectivity index (χ3n) is 2.40. The lowest BCUT2D eigenvalue weighted by Gasteiger charge is -2.01. The molecule has 0 amide bonds. The number of hydrogen-bond donors (Lipinski definition) is 0. The van der Waals surface area contributed by atoms with E-state index in [0.717, 1.165) is 9.75 Å². The van der Waals surface area contributed by atoms with Crippen LogP contribution in [0, 0.1) is 19.7 Å². The lowest BCUT2D eigenvalue weighted by Crippen LogP contribution is -2.03.